The van der Waals surface area contributed by atoms with Crippen molar-refractivity contribution in [3.8, 4) is 0 Å². The van der Waals surface area contributed by atoms with Gasteiger partial charge < -0.3 is 5.32 Å². The summed E-state index contributed by atoms with van der Waals surface area (Å²) < 4.78 is 13.4. The summed E-state index contributed by atoms with van der Waals surface area (Å²) in [6.45, 7) is 0.486. The number of rotatable bonds is 3. The highest BCUT2D eigenvalue weighted by Crippen LogP contribution is 2.19. The molecular formula is C12H10ClFN2. The Balaban J connectivity index is 2.05. The van der Waals surface area contributed by atoms with E-state index in [1.54, 1.807) is 18.3 Å². The van der Waals surface area contributed by atoms with Gasteiger partial charge in [0.05, 0.1) is 17.9 Å². The first kappa shape index (κ1) is 10.9. The molecule has 16 heavy (non-hydrogen) atoms. The van der Waals surface area contributed by atoms with E-state index in [0.29, 0.717) is 17.3 Å². The van der Waals surface area contributed by atoms with Gasteiger partial charge in [0.1, 0.15) is 5.82 Å². The van der Waals surface area contributed by atoms with E-state index >= 15 is 0 Å². The molecule has 4 heteroatoms. The van der Waals surface area contributed by atoms with E-state index in [1.807, 2.05) is 18.2 Å². The van der Waals surface area contributed by atoms with Gasteiger partial charge in [-0.1, -0.05) is 17.7 Å². The average molecular weight is 237 g/mol. The zero-order valence-corrected chi connectivity index (χ0v) is 9.21. The van der Waals surface area contributed by atoms with E-state index in [1.165, 1.54) is 6.07 Å². The number of anilines is 1. The predicted molar refractivity (Wildman–Crippen MR) is 63.0 cm³/mol. The van der Waals surface area contributed by atoms with Gasteiger partial charge in [-0.05, 0) is 30.3 Å². The molecule has 82 valence electrons. The molecule has 0 bridgehead atoms. The van der Waals surface area contributed by atoms with Crippen LogP contribution >= 0.6 is 11.6 Å². The highest BCUT2D eigenvalue weighted by molar-refractivity contribution is 6.30. The van der Waals surface area contributed by atoms with Gasteiger partial charge in [-0.2, -0.15) is 0 Å². The molecule has 0 atom stereocenters. The van der Waals surface area contributed by atoms with Crippen molar-refractivity contribution < 1.29 is 4.39 Å². The summed E-state index contributed by atoms with van der Waals surface area (Å²) in [5.41, 5.74) is 1.28. The maximum Gasteiger partial charge on any atom is 0.147 e. The lowest BCUT2D eigenvalue weighted by Crippen LogP contribution is -2.02. The zero-order chi connectivity index (χ0) is 11.4. The van der Waals surface area contributed by atoms with Crippen molar-refractivity contribution in [2.24, 2.45) is 0 Å². The number of nitrogens with zero attached hydrogens (tertiary/aromatic N) is 1. The summed E-state index contributed by atoms with van der Waals surface area (Å²) >= 11 is 5.65. The van der Waals surface area contributed by atoms with Crippen LogP contribution in [0, 0.1) is 5.82 Å². The van der Waals surface area contributed by atoms with Crippen LogP contribution in [0.4, 0.5) is 10.1 Å². The quantitative estimate of drug-likeness (QED) is 0.883. The summed E-state index contributed by atoms with van der Waals surface area (Å²) in [6.07, 6.45) is 1.70. The Morgan fingerprint density at radius 3 is 2.81 bits per heavy atom. The lowest BCUT2D eigenvalue weighted by Gasteiger charge is -2.06. The van der Waals surface area contributed by atoms with E-state index in [0.717, 1.165) is 5.69 Å². The Kier molecular flexibility index (Phi) is 3.37. The van der Waals surface area contributed by atoms with Crippen molar-refractivity contribution in [2.75, 3.05) is 5.32 Å². The lowest BCUT2D eigenvalue weighted by atomic mass is 10.3. The number of halogens is 2. The maximum absolute atomic E-state index is 13.4. The van der Waals surface area contributed by atoms with Crippen LogP contribution in [0.3, 0.4) is 0 Å². The van der Waals surface area contributed by atoms with Crippen molar-refractivity contribution in [1.29, 1.82) is 0 Å². The van der Waals surface area contributed by atoms with Crippen LogP contribution in [0.1, 0.15) is 5.69 Å². The van der Waals surface area contributed by atoms with Gasteiger partial charge in [0.25, 0.3) is 0 Å². The maximum atomic E-state index is 13.4. The summed E-state index contributed by atoms with van der Waals surface area (Å²) in [4.78, 5) is 4.13. The third-order valence-corrected chi connectivity index (χ3v) is 2.35. The fourth-order valence-corrected chi connectivity index (χ4v) is 1.48. The van der Waals surface area contributed by atoms with Crippen LogP contribution in [0.2, 0.25) is 5.02 Å². The molecule has 2 aromatic rings. The average Bonchev–Trinajstić information content (AvgIpc) is 2.29. The Morgan fingerprint density at radius 2 is 2.12 bits per heavy atom. The van der Waals surface area contributed by atoms with E-state index < -0.39 is 0 Å². The van der Waals surface area contributed by atoms with Crippen LogP contribution in [0.15, 0.2) is 42.6 Å². The molecule has 0 spiro atoms. The second-order valence-corrected chi connectivity index (χ2v) is 3.74. The van der Waals surface area contributed by atoms with Gasteiger partial charge in [0.15, 0.2) is 0 Å². The molecule has 1 N–H and O–H groups in total. The minimum atomic E-state index is -0.358. The van der Waals surface area contributed by atoms with Crippen LogP contribution in [-0.2, 0) is 6.54 Å². The molecule has 1 aromatic carbocycles. The number of aromatic nitrogens is 1. The van der Waals surface area contributed by atoms with Crippen LogP contribution in [0.5, 0.6) is 0 Å². The number of pyridine rings is 1. The molecule has 0 saturated carbocycles. The number of nitrogens with one attached hydrogen (secondary N) is 1. The van der Waals surface area contributed by atoms with E-state index in [2.05, 4.69) is 10.3 Å². The topological polar surface area (TPSA) is 24.9 Å². The van der Waals surface area contributed by atoms with Crippen molar-refractivity contribution in [2.45, 2.75) is 6.54 Å². The Bertz CT molecular complexity index is 474. The monoisotopic (exact) mass is 236 g/mol. The molecule has 0 amide bonds. The molecule has 0 aliphatic rings. The molecular weight excluding hydrogens is 227 g/mol. The summed E-state index contributed by atoms with van der Waals surface area (Å²) in [6, 6.07) is 10.1. The van der Waals surface area contributed by atoms with E-state index in [9.17, 15) is 4.39 Å². The minimum absolute atomic E-state index is 0.358. The first-order valence-electron chi connectivity index (χ1n) is 4.84. The first-order valence-corrected chi connectivity index (χ1v) is 5.22. The fourth-order valence-electron chi connectivity index (χ4n) is 1.32. The first-order chi connectivity index (χ1) is 7.75. The van der Waals surface area contributed by atoms with Gasteiger partial charge in [-0.3, -0.25) is 4.98 Å². The van der Waals surface area contributed by atoms with Crippen LogP contribution in [0.25, 0.3) is 0 Å². The van der Waals surface area contributed by atoms with Crippen molar-refractivity contribution in [1.82, 2.24) is 4.98 Å². The van der Waals surface area contributed by atoms with Gasteiger partial charge in [-0.15, -0.1) is 0 Å². The van der Waals surface area contributed by atoms with Crippen molar-refractivity contribution in [3.63, 3.8) is 0 Å². The molecule has 2 rings (SSSR count). The van der Waals surface area contributed by atoms with Gasteiger partial charge in [-0.25, -0.2) is 4.39 Å². The normalized spacial score (nSPS) is 10.1. The van der Waals surface area contributed by atoms with Crippen molar-refractivity contribution >= 4 is 17.3 Å². The Hall–Kier alpha value is -1.61. The number of hydrogen-bond acceptors (Lipinski definition) is 2. The van der Waals surface area contributed by atoms with Gasteiger partial charge in [0, 0.05) is 11.2 Å². The lowest BCUT2D eigenvalue weighted by molar-refractivity contribution is 0.630. The molecule has 0 saturated heterocycles. The molecule has 0 aliphatic heterocycles. The fraction of sp³-hybridized carbons (Fsp3) is 0.0833. The standard InChI is InChI=1S/C12H10ClFN2/c13-9-4-5-12(11(14)7-9)16-8-10-3-1-2-6-15-10/h1-7,16H,8H2. The Labute approximate surface area is 98.1 Å². The molecule has 2 nitrogen and oxygen atoms in total. The third kappa shape index (κ3) is 2.70. The van der Waals surface area contributed by atoms with E-state index in [4.69, 9.17) is 11.6 Å². The molecule has 0 radical (unpaired) electrons. The minimum Gasteiger partial charge on any atom is -0.377 e. The smallest absolute Gasteiger partial charge is 0.147 e. The second-order valence-electron chi connectivity index (χ2n) is 3.30. The Morgan fingerprint density at radius 1 is 1.25 bits per heavy atom. The van der Waals surface area contributed by atoms with Crippen LogP contribution < -0.4 is 5.32 Å². The van der Waals surface area contributed by atoms with Gasteiger partial charge >= 0.3 is 0 Å². The molecule has 1 heterocycles. The van der Waals surface area contributed by atoms with Crippen LogP contribution in [-0.4, -0.2) is 4.98 Å². The van der Waals surface area contributed by atoms with E-state index in [-0.39, 0.29) is 5.82 Å². The summed E-state index contributed by atoms with van der Waals surface area (Å²) in [5.74, 6) is -0.358. The highest BCUT2D eigenvalue weighted by atomic mass is 35.5. The summed E-state index contributed by atoms with van der Waals surface area (Å²) in [5, 5.41) is 3.35. The molecule has 1 aromatic heterocycles. The SMILES string of the molecule is Fc1cc(Cl)ccc1NCc1ccccn1. The third-order valence-electron chi connectivity index (χ3n) is 2.12. The molecule has 0 aliphatic carbocycles. The highest BCUT2D eigenvalue weighted by Gasteiger charge is 2.02. The zero-order valence-electron chi connectivity index (χ0n) is 8.45. The van der Waals surface area contributed by atoms with Gasteiger partial charge in [0.2, 0.25) is 0 Å². The second kappa shape index (κ2) is 4.94. The largest absolute Gasteiger partial charge is 0.377 e. The summed E-state index contributed by atoms with van der Waals surface area (Å²) in [7, 11) is 0. The number of benzene rings is 1. The molecule has 0 fully saturated rings. The number of hydrogen-bond donors (Lipinski definition) is 1. The predicted octanol–water partition coefficient (Wildman–Crippen LogP) is 3.49. The van der Waals surface area contributed by atoms with Crippen molar-refractivity contribution in [3.05, 3.63) is 59.1 Å². The molecule has 0 unspecified atom stereocenters.